The number of methoxy groups -OCH3 is 1. The van der Waals surface area contributed by atoms with Crippen molar-refractivity contribution in [3.8, 4) is 17.2 Å². The van der Waals surface area contributed by atoms with E-state index in [-0.39, 0.29) is 47.9 Å². The second-order valence-electron chi connectivity index (χ2n) is 18.6. The number of anilines is 1. The number of unbranched alkanes of at least 4 members (excludes halogenated alkanes) is 1. The summed E-state index contributed by atoms with van der Waals surface area (Å²) in [6.07, 6.45) is 5.35. The third-order valence-corrected chi connectivity index (χ3v) is 11.8. The van der Waals surface area contributed by atoms with Gasteiger partial charge in [-0.25, -0.2) is 0 Å². The summed E-state index contributed by atoms with van der Waals surface area (Å²) in [5.41, 5.74) is 2.43. The number of amides is 5. The van der Waals surface area contributed by atoms with Crippen LogP contribution in [-0.4, -0.2) is 90.1 Å². The molecule has 0 radical (unpaired) electrons. The Labute approximate surface area is 402 Å². The number of hydrogen-bond donors (Lipinski definition) is 7. The van der Waals surface area contributed by atoms with Crippen molar-refractivity contribution >= 4 is 46.1 Å². The summed E-state index contributed by atoms with van der Waals surface area (Å²) in [7, 11) is 1.64. The van der Waals surface area contributed by atoms with E-state index >= 15 is 0 Å². The largest absolute Gasteiger partial charge is 0.497 e. The minimum atomic E-state index is -1.09. The average Bonchev–Trinajstić information content (AvgIpc) is 3.31. The molecule has 6 atom stereocenters. The van der Waals surface area contributed by atoms with Gasteiger partial charge in [0.15, 0.2) is 0 Å². The lowest BCUT2D eigenvalue weighted by atomic mass is 9.94. The predicted octanol–water partition coefficient (Wildman–Crippen LogP) is 7.92. The third kappa shape index (κ3) is 17.5. The minimum Gasteiger partial charge on any atom is -0.497 e. The Hall–Kier alpha value is -6.22. The Morgan fingerprint density at radius 1 is 0.706 bits per heavy atom. The van der Waals surface area contributed by atoms with Crippen LogP contribution in [0.4, 0.5) is 5.69 Å². The van der Waals surface area contributed by atoms with Gasteiger partial charge in [-0.3, -0.25) is 29.0 Å². The van der Waals surface area contributed by atoms with Crippen LogP contribution >= 0.6 is 0 Å². The molecule has 3 aromatic carbocycles. The van der Waals surface area contributed by atoms with E-state index in [1.165, 1.54) is 0 Å². The molecular formula is C53H75N7O8. The van der Waals surface area contributed by atoms with Crippen LogP contribution in [0, 0.1) is 17.8 Å². The van der Waals surface area contributed by atoms with Crippen molar-refractivity contribution in [1.82, 2.24) is 31.6 Å². The molecule has 68 heavy (non-hydrogen) atoms. The second kappa shape index (κ2) is 27.6. The molecule has 0 bridgehead atoms. The van der Waals surface area contributed by atoms with Crippen molar-refractivity contribution in [3.63, 3.8) is 0 Å². The minimum absolute atomic E-state index is 0.0991. The van der Waals surface area contributed by atoms with Crippen LogP contribution in [0.1, 0.15) is 127 Å². The van der Waals surface area contributed by atoms with Gasteiger partial charge in [-0.1, -0.05) is 67.4 Å². The zero-order valence-corrected chi connectivity index (χ0v) is 41.4. The van der Waals surface area contributed by atoms with Crippen molar-refractivity contribution < 1.29 is 38.6 Å². The monoisotopic (exact) mass is 938 g/mol. The highest BCUT2D eigenvalue weighted by Crippen LogP contribution is 2.29. The van der Waals surface area contributed by atoms with Crippen LogP contribution in [0.3, 0.4) is 0 Å². The van der Waals surface area contributed by atoms with Crippen molar-refractivity contribution in [2.45, 2.75) is 137 Å². The number of pyridine rings is 1. The third-order valence-electron chi connectivity index (χ3n) is 11.8. The molecule has 1 heterocycles. The van der Waals surface area contributed by atoms with Crippen molar-refractivity contribution in [2.75, 3.05) is 25.5 Å². The fourth-order valence-corrected chi connectivity index (χ4v) is 7.73. The molecule has 0 aliphatic heterocycles. The Kier molecular flexibility index (Phi) is 22.0. The summed E-state index contributed by atoms with van der Waals surface area (Å²) in [5, 5.41) is 30.1. The number of aliphatic hydroxyl groups is 1. The number of nitrogens with zero attached hydrogens (tertiary/aromatic N) is 1. The molecule has 370 valence electrons. The highest BCUT2D eigenvalue weighted by Gasteiger charge is 2.31. The number of fused-ring (bicyclic) bond motifs is 1. The van der Waals surface area contributed by atoms with Gasteiger partial charge in [0, 0.05) is 47.9 Å². The molecule has 4 rings (SSSR count). The second-order valence-corrected chi connectivity index (χ2v) is 18.6. The molecule has 0 saturated carbocycles. The number of aliphatic hydroxyl groups excluding tert-OH is 1. The van der Waals surface area contributed by atoms with Gasteiger partial charge in [0.05, 0.1) is 36.9 Å². The number of rotatable bonds is 28. The topological polar surface area (TPSA) is 209 Å². The van der Waals surface area contributed by atoms with Crippen molar-refractivity contribution in [1.29, 1.82) is 0 Å². The Bertz CT molecular complexity index is 2230. The molecular weight excluding hydrogens is 863 g/mol. The van der Waals surface area contributed by atoms with Gasteiger partial charge in [-0.05, 0) is 117 Å². The molecule has 0 aliphatic carbocycles. The van der Waals surface area contributed by atoms with Crippen molar-refractivity contribution in [3.05, 3.63) is 90.1 Å². The number of hydrogen-bond acceptors (Lipinski definition) is 10. The van der Waals surface area contributed by atoms with Crippen LogP contribution < -0.4 is 41.4 Å². The van der Waals surface area contributed by atoms with Gasteiger partial charge in [0.1, 0.15) is 29.3 Å². The molecule has 15 heteroatoms. The molecule has 15 nitrogen and oxygen atoms in total. The van der Waals surface area contributed by atoms with Gasteiger partial charge in [0.25, 0.3) is 11.8 Å². The molecule has 0 aliphatic rings. The molecule has 1 aromatic heterocycles. The number of nitrogens with one attached hydrogen (secondary N) is 6. The van der Waals surface area contributed by atoms with E-state index < -0.39 is 36.0 Å². The van der Waals surface area contributed by atoms with Crippen LogP contribution in [0.5, 0.6) is 17.2 Å². The van der Waals surface area contributed by atoms with Crippen LogP contribution in [0.15, 0.2) is 79.0 Å². The van der Waals surface area contributed by atoms with Gasteiger partial charge < -0.3 is 46.5 Å². The first kappa shape index (κ1) is 54.4. The Morgan fingerprint density at radius 3 is 1.91 bits per heavy atom. The van der Waals surface area contributed by atoms with Gasteiger partial charge >= 0.3 is 0 Å². The quantitative estimate of drug-likeness (QED) is 0.0274. The summed E-state index contributed by atoms with van der Waals surface area (Å²) in [6.45, 7) is 16.9. The summed E-state index contributed by atoms with van der Waals surface area (Å²) >= 11 is 0. The fraction of sp³-hybridized carbons (Fsp3) is 0.509. The van der Waals surface area contributed by atoms with E-state index in [0.717, 1.165) is 48.0 Å². The van der Waals surface area contributed by atoms with E-state index in [4.69, 9.17) is 9.47 Å². The maximum absolute atomic E-state index is 13.7. The normalized spacial score (nSPS) is 13.9. The zero-order valence-electron chi connectivity index (χ0n) is 41.4. The van der Waals surface area contributed by atoms with Crippen LogP contribution in [0.2, 0.25) is 0 Å². The van der Waals surface area contributed by atoms with E-state index in [1.54, 1.807) is 61.8 Å². The molecule has 0 fully saturated rings. The van der Waals surface area contributed by atoms with E-state index in [9.17, 15) is 29.1 Å². The number of carbonyl (C=O) groups excluding carboxylic acids is 5. The first-order chi connectivity index (χ1) is 32.5. The zero-order chi connectivity index (χ0) is 49.8. The summed E-state index contributed by atoms with van der Waals surface area (Å²) in [6, 6.07) is 18.6. The number of benzene rings is 3. The molecule has 0 saturated heterocycles. The van der Waals surface area contributed by atoms with Crippen molar-refractivity contribution in [2.24, 2.45) is 17.8 Å². The SMILES string of the molecule is CCCCNC(=O)CC(O)C(CC(C)C)NC(=O)C(NC(=O)c1ccc(Oc2ccc(C(=O)NC(CC(C)C)C(=O)NCCCC(C)Nc3cc(OC)cc4cccnc34)cc2)cc1)C(C)CC. The maximum atomic E-state index is 13.7. The van der Waals surface area contributed by atoms with Gasteiger partial charge in [-0.15, -0.1) is 0 Å². The number of ether oxygens (including phenoxy) is 2. The summed E-state index contributed by atoms with van der Waals surface area (Å²) < 4.78 is 11.5. The molecule has 0 spiro atoms. The average molecular weight is 938 g/mol. The molecule has 6 unspecified atom stereocenters. The smallest absolute Gasteiger partial charge is 0.251 e. The fourth-order valence-electron chi connectivity index (χ4n) is 7.73. The summed E-state index contributed by atoms with van der Waals surface area (Å²) in [5.74, 6) is -0.0632. The Balaban J connectivity index is 1.29. The van der Waals surface area contributed by atoms with E-state index in [1.807, 2.05) is 72.7 Å². The predicted molar refractivity (Wildman–Crippen MR) is 268 cm³/mol. The first-order valence-corrected chi connectivity index (χ1v) is 24.2. The standard InChI is InChI=1S/C53H75N7O8/c1-10-12-25-54-47(62)32-46(61)43(28-33(3)4)58-53(66)48(35(7)11-2)60-51(64)38-19-23-41(24-20-38)68-40-21-17-37(18-22-40)50(63)59-45(29-34(5)6)52(65)56-27-13-15-36(8)57-44-31-42(67-9)30-39-16-14-26-55-49(39)44/h14,16-24,26,30-31,33-36,43,45-46,48,57,61H,10-13,15,25,27-29,32H2,1-9H3,(H,54,62)(H,56,65)(H,58,66)(H,59,63)(H,60,64). The molecule has 4 aromatic rings. The van der Waals surface area contributed by atoms with E-state index in [0.29, 0.717) is 55.0 Å². The highest BCUT2D eigenvalue weighted by atomic mass is 16.5. The van der Waals surface area contributed by atoms with Gasteiger partial charge in [-0.2, -0.15) is 0 Å². The number of carbonyl (C=O) groups is 5. The lowest BCUT2D eigenvalue weighted by Gasteiger charge is -2.30. The highest BCUT2D eigenvalue weighted by molar-refractivity contribution is 5.98. The maximum Gasteiger partial charge on any atom is 0.251 e. The van der Waals surface area contributed by atoms with Gasteiger partial charge in [0.2, 0.25) is 17.7 Å². The lowest BCUT2D eigenvalue weighted by Crippen LogP contribution is -2.55. The van der Waals surface area contributed by atoms with Crippen LogP contribution in [-0.2, 0) is 14.4 Å². The lowest BCUT2D eigenvalue weighted by molar-refractivity contribution is -0.128. The van der Waals surface area contributed by atoms with Crippen LogP contribution in [0.25, 0.3) is 10.9 Å². The molecule has 7 N–H and O–H groups in total. The number of aromatic nitrogens is 1. The summed E-state index contributed by atoms with van der Waals surface area (Å²) in [4.78, 5) is 70.9. The van der Waals surface area contributed by atoms with E-state index in [2.05, 4.69) is 43.8 Å². The first-order valence-electron chi connectivity index (χ1n) is 24.2. The molecule has 5 amide bonds. The Morgan fingerprint density at radius 2 is 1.32 bits per heavy atom.